The van der Waals surface area contributed by atoms with E-state index in [4.69, 9.17) is 14.2 Å². The van der Waals surface area contributed by atoms with Crippen molar-refractivity contribution in [1.82, 2.24) is 24.7 Å². The molecule has 0 saturated carbocycles. The van der Waals surface area contributed by atoms with Gasteiger partial charge in [0.15, 0.2) is 23.0 Å². The first-order valence-corrected chi connectivity index (χ1v) is 10.8. The monoisotopic (exact) mass is 474 g/mol. The number of H-pyrrole nitrogens is 1. The van der Waals surface area contributed by atoms with Crippen molar-refractivity contribution in [3.8, 4) is 22.9 Å². The molecule has 2 aromatic carbocycles. The van der Waals surface area contributed by atoms with Crippen LogP contribution in [0.4, 0.5) is 10.3 Å². The molecule has 11 heteroatoms. The van der Waals surface area contributed by atoms with Crippen molar-refractivity contribution >= 4 is 27.9 Å². The number of benzene rings is 2. The van der Waals surface area contributed by atoms with Crippen LogP contribution in [0.5, 0.6) is 17.2 Å². The van der Waals surface area contributed by atoms with E-state index in [0.29, 0.717) is 46.7 Å². The van der Waals surface area contributed by atoms with Gasteiger partial charge in [0, 0.05) is 18.5 Å². The molecule has 0 spiro atoms. The summed E-state index contributed by atoms with van der Waals surface area (Å²) in [5, 5.41) is 10.8. The van der Waals surface area contributed by atoms with E-state index < -0.39 is 11.4 Å². The molecule has 2 N–H and O–H groups in total. The lowest BCUT2D eigenvalue weighted by atomic mass is 10.2. The average Bonchev–Trinajstić information content (AvgIpc) is 3.39. The first-order valence-electron chi connectivity index (χ1n) is 10.8. The maximum atomic E-state index is 15.0. The van der Waals surface area contributed by atoms with Gasteiger partial charge in [0.25, 0.3) is 5.56 Å². The lowest BCUT2D eigenvalue weighted by Crippen LogP contribution is -2.35. The molecule has 1 aliphatic rings. The number of nitrogens with one attached hydrogen (secondary N) is 2. The third-order valence-electron chi connectivity index (χ3n) is 5.76. The van der Waals surface area contributed by atoms with E-state index in [-0.39, 0.29) is 23.4 Å². The van der Waals surface area contributed by atoms with Gasteiger partial charge in [-0.25, -0.2) is 9.37 Å². The van der Waals surface area contributed by atoms with Crippen LogP contribution < -0.4 is 25.1 Å². The Morgan fingerprint density at radius 2 is 2.09 bits per heavy atom. The van der Waals surface area contributed by atoms with E-state index in [0.717, 1.165) is 0 Å². The molecule has 1 atom stereocenters. The molecule has 0 unspecified atom stereocenters. The number of rotatable bonds is 5. The predicted molar refractivity (Wildman–Crippen MR) is 126 cm³/mol. The van der Waals surface area contributed by atoms with Gasteiger partial charge in [0.05, 0.1) is 30.1 Å². The molecule has 1 aliphatic heterocycles. The number of hydrogen-bond donors (Lipinski definition) is 2. The van der Waals surface area contributed by atoms with E-state index in [1.54, 1.807) is 12.3 Å². The molecule has 6 rings (SSSR count). The summed E-state index contributed by atoms with van der Waals surface area (Å²) < 4.78 is 33.0. The van der Waals surface area contributed by atoms with Crippen molar-refractivity contribution in [2.45, 2.75) is 6.10 Å². The molecule has 0 bridgehead atoms. The molecule has 0 radical (unpaired) electrons. The molecule has 0 fully saturated rings. The minimum atomic E-state index is -0.630. The minimum Gasteiger partial charge on any atom is -0.497 e. The highest BCUT2D eigenvalue weighted by Crippen LogP contribution is 2.31. The summed E-state index contributed by atoms with van der Waals surface area (Å²) in [6, 6.07) is 11.7. The summed E-state index contributed by atoms with van der Waals surface area (Å²) in [7, 11) is 1.44. The normalized spacial score (nSPS) is 14.9. The van der Waals surface area contributed by atoms with E-state index in [9.17, 15) is 4.79 Å². The summed E-state index contributed by atoms with van der Waals surface area (Å²) in [5.74, 6) is 1.31. The highest BCUT2D eigenvalue weighted by Gasteiger charge is 2.22. The van der Waals surface area contributed by atoms with Gasteiger partial charge in [-0.05, 0) is 24.3 Å². The quantitative estimate of drug-likeness (QED) is 0.399. The maximum absolute atomic E-state index is 15.0. The molecule has 5 aromatic rings. The van der Waals surface area contributed by atoms with Crippen molar-refractivity contribution in [3.63, 3.8) is 0 Å². The predicted octanol–water partition coefficient (Wildman–Crippen LogP) is 3.06. The molecule has 176 valence electrons. The van der Waals surface area contributed by atoms with Gasteiger partial charge >= 0.3 is 0 Å². The van der Waals surface area contributed by atoms with Gasteiger partial charge in [-0.1, -0.05) is 12.1 Å². The highest BCUT2D eigenvalue weighted by atomic mass is 19.1. The van der Waals surface area contributed by atoms with E-state index in [1.165, 1.54) is 30.0 Å². The van der Waals surface area contributed by atoms with Crippen LogP contribution >= 0.6 is 0 Å². The zero-order valence-corrected chi connectivity index (χ0v) is 18.5. The van der Waals surface area contributed by atoms with Crippen LogP contribution in [0, 0.1) is 5.82 Å². The zero-order valence-electron chi connectivity index (χ0n) is 18.5. The zero-order chi connectivity index (χ0) is 23.9. The molecular weight excluding hydrogens is 455 g/mol. The number of pyridine rings is 1. The fraction of sp³-hybridized carbons (Fsp3) is 0.167. The van der Waals surface area contributed by atoms with Crippen molar-refractivity contribution in [2.24, 2.45) is 0 Å². The molecule has 3 aromatic heterocycles. The Bertz CT molecular complexity index is 1630. The number of halogens is 1. The molecule has 0 saturated heterocycles. The Morgan fingerprint density at radius 3 is 2.91 bits per heavy atom. The SMILES string of the molecule is COc1ccc(-n2c(=O)c3c[nH]nc3c3cnc(NC[C@H]4COc5ccccc5O4)nc32)c(F)c1. The standard InChI is InChI=1S/C24H19FN6O4/c1-33-13-6-7-18(17(25)8-13)31-22-15(21-16(23(31)32)11-28-30-21)10-27-24(29-22)26-9-14-12-34-19-4-2-3-5-20(19)35-14/h2-8,10-11,14H,9,12H2,1H3,(H,28,30)(H,26,27,29)/t14-/m0/s1. The fourth-order valence-electron chi connectivity index (χ4n) is 4.06. The molecule has 4 heterocycles. The van der Waals surface area contributed by atoms with Crippen LogP contribution in [0.3, 0.4) is 0 Å². The maximum Gasteiger partial charge on any atom is 0.267 e. The van der Waals surface area contributed by atoms with Gasteiger partial charge in [-0.2, -0.15) is 10.1 Å². The van der Waals surface area contributed by atoms with E-state index in [2.05, 4.69) is 25.5 Å². The van der Waals surface area contributed by atoms with Gasteiger partial charge in [-0.3, -0.25) is 14.5 Å². The summed E-state index contributed by atoms with van der Waals surface area (Å²) in [6.07, 6.45) is 2.75. The fourth-order valence-corrected chi connectivity index (χ4v) is 4.06. The number of para-hydroxylation sites is 2. The van der Waals surface area contributed by atoms with Gasteiger partial charge in [0.2, 0.25) is 5.95 Å². The molecule has 10 nitrogen and oxygen atoms in total. The number of ether oxygens (including phenoxy) is 3. The van der Waals surface area contributed by atoms with E-state index >= 15 is 4.39 Å². The number of nitrogens with zero attached hydrogens (tertiary/aromatic N) is 4. The second-order valence-electron chi connectivity index (χ2n) is 7.91. The number of fused-ring (bicyclic) bond motifs is 4. The van der Waals surface area contributed by atoms with Gasteiger partial charge < -0.3 is 19.5 Å². The van der Waals surface area contributed by atoms with Crippen LogP contribution in [0.15, 0.2) is 59.7 Å². The molecular formula is C24H19FN6O4. The van der Waals surface area contributed by atoms with Crippen LogP contribution in [0.2, 0.25) is 0 Å². The summed E-state index contributed by atoms with van der Waals surface area (Å²) in [4.78, 5) is 22.3. The highest BCUT2D eigenvalue weighted by molar-refractivity contribution is 6.02. The van der Waals surface area contributed by atoms with Crippen molar-refractivity contribution in [1.29, 1.82) is 0 Å². The number of aromatic amines is 1. The van der Waals surface area contributed by atoms with Crippen LogP contribution in [0.25, 0.3) is 27.6 Å². The topological polar surface area (TPSA) is 116 Å². The Kier molecular flexibility index (Phi) is 4.94. The van der Waals surface area contributed by atoms with Crippen molar-refractivity contribution < 1.29 is 18.6 Å². The second-order valence-corrected chi connectivity index (χ2v) is 7.91. The third-order valence-corrected chi connectivity index (χ3v) is 5.76. The molecule has 35 heavy (non-hydrogen) atoms. The molecule has 0 amide bonds. The lowest BCUT2D eigenvalue weighted by molar-refractivity contribution is 0.0996. The lowest BCUT2D eigenvalue weighted by Gasteiger charge is -2.26. The number of anilines is 1. The first kappa shape index (κ1) is 20.9. The van der Waals surface area contributed by atoms with Gasteiger partial charge in [-0.15, -0.1) is 0 Å². The summed E-state index contributed by atoms with van der Waals surface area (Å²) >= 11 is 0. The smallest absolute Gasteiger partial charge is 0.267 e. The van der Waals surface area contributed by atoms with E-state index in [1.807, 2.05) is 24.3 Å². The second kappa shape index (κ2) is 8.28. The Balaban J connectivity index is 1.39. The minimum absolute atomic E-state index is 0.0363. The largest absolute Gasteiger partial charge is 0.497 e. The number of hydrogen-bond acceptors (Lipinski definition) is 8. The summed E-state index contributed by atoms with van der Waals surface area (Å²) in [6.45, 7) is 0.707. The van der Waals surface area contributed by atoms with Gasteiger partial charge in [0.1, 0.15) is 24.0 Å². The van der Waals surface area contributed by atoms with Crippen molar-refractivity contribution in [3.05, 3.63) is 71.0 Å². The van der Waals surface area contributed by atoms with Crippen molar-refractivity contribution in [2.75, 3.05) is 25.6 Å². The molecule has 0 aliphatic carbocycles. The Labute approximate surface area is 197 Å². The number of methoxy groups -OCH3 is 1. The van der Waals surface area contributed by atoms with Crippen LogP contribution in [-0.2, 0) is 0 Å². The number of aromatic nitrogens is 5. The third kappa shape index (κ3) is 3.57. The Morgan fingerprint density at radius 1 is 1.23 bits per heavy atom. The average molecular weight is 474 g/mol. The first-order chi connectivity index (χ1) is 17.1. The Hall–Kier alpha value is -4.67. The van der Waals surface area contributed by atoms with Crippen LogP contribution in [0.1, 0.15) is 0 Å². The summed E-state index contributed by atoms with van der Waals surface area (Å²) in [5.41, 5.74) is 0.189. The van der Waals surface area contributed by atoms with Crippen LogP contribution in [-0.4, -0.2) is 51.1 Å².